The molecule has 0 aromatic rings. The Labute approximate surface area is 191 Å². The highest BCUT2D eigenvalue weighted by molar-refractivity contribution is 4.98. The van der Waals surface area contributed by atoms with Gasteiger partial charge in [0.1, 0.15) is 0 Å². The van der Waals surface area contributed by atoms with Crippen molar-refractivity contribution in [3.8, 4) is 0 Å². The van der Waals surface area contributed by atoms with Crippen LogP contribution < -0.4 is 0 Å². The van der Waals surface area contributed by atoms with Gasteiger partial charge in [-0.15, -0.1) is 0 Å². The molecule has 0 amide bonds. The molecule has 0 N–H and O–H groups in total. The van der Waals surface area contributed by atoms with Crippen molar-refractivity contribution in [1.29, 1.82) is 0 Å². The summed E-state index contributed by atoms with van der Waals surface area (Å²) >= 11 is 0. The van der Waals surface area contributed by atoms with E-state index < -0.39 is 0 Å². The minimum absolute atomic E-state index is 0.0158. The highest BCUT2D eigenvalue weighted by Crippen LogP contribution is 2.37. The fraction of sp³-hybridized carbons (Fsp3) is 1.00. The van der Waals surface area contributed by atoms with Crippen molar-refractivity contribution >= 4 is 0 Å². The van der Waals surface area contributed by atoms with Gasteiger partial charge in [-0.1, -0.05) is 0 Å². The molecule has 5 nitrogen and oxygen atoms in total. The molecule has 1 saturated carbocycles. The van der Waals surface area contributed by atoms with Crippen molar-refractivity contribution < 1.29 is 9.47 Å². The summed E-state index contributed by atoms with van der Waals surface area (Å²) in [5.74, 6) is 0.881. The molecule has 3 aliphatic heterocycles. The van der Waals surface area contributed by atoms with E-state index >= 15 is 0 Å². The van der Waals surface area contributed by atoms with E-state index in [1.54, 1.807) is 0 Å². The third-order valence-electron chi connectivity index (χ3n) is 8.23. The smallest absolute Gasteiger partial charge is 0.0833 e. The second-order valence-electron chi connectivity index (χ2n) is 12.9. The summed E-state index contributed by atoms with van der Waals surface area (Å²) in [4.78, 5) is 8.13. The van der Waals surface area contributed by atoms with Crippen LogP contribution in [0.15, 0.2) is 0 Å². The monoisotopic (exact) mass is 435 g/mol. The van der Waals surface area contributed by atoms with Gasteiger partial charge in [0, 0.05) is 44.3 Å². The topological polar surface area (TPSA) is 28.2 Å². The van der Waals surface area contributed by atoms with Crippen molar-refractivity contribution in [3.63, 3.8) is 0 Å². The lowest BCUT2D eigenvalue weighted by molar-refractivity contribution is -0.172. The molecule has 0 unspecified atom stereocenters. The Morgan fingerprint density at radius 3 is 2.13 bits per heavy atom. The molecule has 3 heterocycles. The van der Waals surface area contributed by atoms with Gasteiger partial charge in [-0.2, -0.15) is 0 Å². The lowest BCUT2D eigenvalue weighted by Crippen LogP contribution is -2.61. The first-order valence-electron chi connectivity index (χ1n) is 13.0. The van der Waals surface area contributed by atoms with Crippen LogP contribution in [0.5, 0.6) is 0 Å². The van der Waals surface area contributed by atoms with Crippen molar-refractivity contribution in [2.24, 2.45) is 5.92 Å². The Balaban J connectivity index is 1.19. The fourth-order valence-corrected chi connectivity index (χ4v) is 6.22. The van der Waals surface area contributed by atoms with E-state index in [0.29, 0.717) is 17.7 Å². The van der Waals surface area contributed by atoms with Gasteiger partial charge < -0.3 is 14.4 Å². The molecule has 4 aliphatic rings. The number of likely N-dealkylation sites (tertiary alicyclic amines) is 2. The summed E-state index contributed by atoms with van der Waals surface area (Å²) in [7, 11) is 0. The molecule has 4 rings (SSSR count). The number of ether oxygens (including phenoxy) is 2. The third-order valence-corrected chi connectivity index (χ3v) is 8.23. The maximum atomic E-state index is 6.45. The molecule has 0 aromatic carbocycles. The quantitative estimate of drug-likeness (QED) is 0.665. The van der Waals surface area contributed by atoms with Crippen LogP contribution in [0.2, 0.25) is 0 Å². The second-order valence-corrected chi connectivity index (χ2v) is 12.9. The minimum atomic E-state index is -0.0158. The average molecular weight is 436 g/mol. The van der Waals surface area contributed by atoms with Gasteiger partial charge in [-0.3, -0.25) is 9.80 Å². The maximum Gasteiger partial charge on any atom is 0.0833 e. The molecular formula is C26H49N3O2. The third kappa shape index (κ3) is 6.23. The number of piperidine rings is 2. The molecule has 3 saturated heterocycles. The van der Waals surface area contributed by atoms with Crippen LogP contribution >= 0.6 is 0 Å². The Morgan fingerprint density at radius 1 is 0.903 bits per heavy atom. The van der Waals surface area contributed by atoms with Gasteiger partial charge in [-0.25, -0.2) is 0 Å². The largest absolute Gasteiger partial charge is 0.373 e. The van der Waals surface area contributed by atoms with Crippen molar-refractivity contribution in [1.82, 2.24) is 14.7 Å². The van der Waals surface area contributed by atoms with Gasteiger partial charge >= 0.3 is 0 Å². The lowest BCUT2D eigenvalue weighted by atomic mass is 9.83. The maximum absolute atomic E-state index is 6.45. The highest BCUT2D eigenvalue weighted by atomic mass is 16.5. The molecule has 4 fully saturated rings. The predicted octanol–water partition coefficient (Wildman–Crippen LogP) is 4.01. The molecule has 0 atom stereocenters. The van der Waals surface area contributed by atoms with Crippen LogP contribution in [0, 0.1) is 5.92 Å². The number of morpholine rings is 1. The zero-order valence-corrected chi connectivity index (χ0v) is 21.3. The molecule has 0 radical (unpaired) electrons. The molecular weight excluding hydrogens is 386 g/mol. The number of rotatable bonds is 4. The Bertz CT molecular complexity index is 574. The lowest BCUT2D eigenvalue weighted by Gasteiger charge is -2.53. The van der Waals surface area contributed by atoms with Crippen molar-refractivity contribution in [2.75, 3.05) is 52.4 Å². The summed E-state index contributed by atoms with van der Waals surface area (Å²) in [6, 6.07) is 0.708. The van der Waals surface area contributed by atoms with Crippen LogP contribution in [0.25, 0.3) is 0 Å². The number of nitrogens with zero attached hydrogens (tertiary/aromatic N) is 3. The standard InChI is InChI=1S/C26H49N3O2/c1-24(2,3)29-11-7-21(8-12-29)19-27-13-9-26(10-14-27)20-28(15-16-30-26)22-17-23(18-22)31-25(4,5)6/h21-23H,7-20H2,1-6H3. The van der Waals surface area contributed by atoms with E-state index in [1.165, 1.54) is 71.2 Å². The van der Waals surface area contributed by atoms with E-state index in [2.05, 4.69) is 56.2 Å². The van der Waals surface area contributed by atoms with Gasteiger partial charge in [0.25, 0.3) is 0 Å². The summed E-state index contributed by atoms with van der Waals surface area (Å²) in [5.41, 5.74) is 0.421. The first-order chi connectivity index (χ1) is 14.5. The minimum Gasteiger partial charge on any atom is -0.373 e. The van der Waals surface area contributed by atoms with Gasteiger partial charge in [0.15, 0.2) is 0 Å². The van der Waals surface area contributed by atoms with E-state index in [-0.39, 0.29) is 11.2 Å². The molecule has 180 valence electrons. The van der Waals surface area contributed by atoms with Crippen LogP contribution in [0.4, 0.5) is 0 Å². The summed E-state index contributed by atoms with van der Waals surface area (Å²) < 4.78 is 12.6. The summed E-state index contributed by atoms with van der Waals surface area (Å²) in [5, 5.41) is 0. The fourth-order valence-electron chi connectivity index (χ4n) is 6.22. The van der Waals surface area contributed by atoms with E-state index in [0.717, 1.165) is 25.6 Å². The molecule has 0 bridgehead atoms. The van der Waals surface area contributed by atoms with E-state index in [4.69, 9.17) is 9.47 Å². The first kappa shape index (κ1) is 23.9. The Morgan fingerprint density at radius 2 is 1.55 bits per heavy atom. The molecule has 5 heteroatoms. The van der Waals surface area contributed by atoms with Gasteiger partial charge in [-0.05, 0) is 99.1 Å². The molecule has 0 aromatic heterocycles. The summed E-state index contributed by atoms with van der Waals surface area (Å²) in [6.07, 6.45) is 8.00. The zero-order valence-electron chi connectivity index (χ0n) is 21.3. The summed E-state index contributed by atoms with van der Waals surface area (Å²) in [6.45, 7) is 23.0. The van der Waals surface area contributed by atoms with Crippen molar-refractivity contribution in [2.45, 2.75) is 109 Å². The highest BCUT2D eigenvalue weighted by Gasteiger charge is 2.45. The second kappa shape index (κ2) is 9.21. The van der Waals surface area contributed by atoms with Gasteiger partial charge in [0.2, 0.25) is 0 Å². The molecule has 1 spiro atoms. The normalized spacial score (nSPS) is 32.3. The zero-order chi connectivity index (χ0) is 22.3. The van der Waals surface area contributed by atoms with Crippen LogP contribution in [-0.4, -0.2) is 96.0 Å². The van der Waals surface area contributed by atoms with Crippen LogP contribution in [0.3, 0.4) is 0 Å². The predicted molar refractivity (Wildman–Crippen MR) is 128 cm³/mol. The van der Waals surface area contributed by atoms with E-state index in [1.807, 2.05) is 0 Å². The first-order valence-corrected chi connectivity index (χ1v) is 13.0. The molecule has 1 aliphatic carbocycles. The SMILES string of the molecule is CC(C)(C)OC1CC(N2CCOC3(CCN(CC4CCN(C(C)(C)C)CC4)CC3)C2)C1. The molecule has 31 heavy (non-hydrogen) atoms. The van der Waals surface area contributed by atoms with E-state index in [9.17, 15) is 0 Å². The number of hydrogen-bond acceptors (Lipinski definition) is 5. The average Bonchev–Trinajstić information content (AvgIpc) is 2.66. The Hall–Kier alpha value is -0.200. The Kier molecular flexibility index (Phi) is 7.11. The van der Waals surface area contributed by atoms with Crippen LogP contribution in [-0.2, 0) is 9.47 Å². The number of hydrogen-bond donors (Lipinski definition) is 0. The van der Waals surface area contributed by atoms with Crippen molar-refractivity contribution in [3.05, 3.63) is 0 Å². The van der Waals surface area contributed by atoms with Gasteiger partial charge in [0.05, 0.1) is 23.9 Å². The van der Waals surface area contributed by atoms with Crippen LogP contribution in [0.1, 0.15) is 80.1 Å².